The molecule has 0 bridgehead atoms. The van der Waals surface area contributed by atoms with E-state index >= 15 is 0 Å². The van der Waals surface area contributed by atoms with Crippen molar-refractivity contribution in [2.45, 2.75) is 0 Å². The Morgan fingerprint density at radius 3 is 2.00 bits per heavy atom. The second-order valence-corrected chi connectivity index (χ2v) is 4.03. The summed E-state index contributed by atoms with van der Waals surface area (Å²) >= 11 is 0. The van der Waals surface area contributed by atoms with Crippen LogP contribution in [0.15, 0.2) is 47.6 Å². The van der Waals surface area contributed by atoms with Crippen LogP contribution in [0.25, 0.3) is 11.1 Å². The highest BCUT2D eigenvalue weighted by atomic mass is 19.1. The summed E-state index contributed by atoms with van der Waals surface area (Å²) in [5.74, 6) is -1.30. The van der Waals surface area contributed by atoms with Crippen molar-refractivity contribution in [3.05, 3.63) is 54.1 Å². The highest BCUT2D eigenvalue weighted by molar-refractivity contribution is 6.10. The first kappa shape index (κ1) is 14.2. The van der Waals surface area contributed by atoms with E-state index in [0.717, 1.165) is 6.07 Å². The zero-order valence-electron chi connectivity index (χ0n) is 10.6. The molecule has 2 aromatic carbocycles. The number of rotatable bonds is 3. The number of nitrogens with zero attached hydrogens (tertiary/aromatic N) is 3. The molecule has 0 saturated heterocycles. The van der Waals surface area contributed by atoms with Crippen LogP contribution in [-0.4, -0.2) is 5.71 Å². The fourth-order valence-electron chi connectivity index (χ4n) is 1.65. The maximum atomic E-state index is 13.1. The average Bonchev–Trinajstić information content (AvgIpc) is 2.48. The molecule has 0 fully saturated rings. The van der Waals surface area contributed by atoms with E-state index in [1.807, 2.05) is 0 Å². The van der Waals surface area contributed by atoms with Gasteiger partial charge in [-0.1, -0.05) is 12.1 Å². The number of hydrazone groups is 1. The molecule has 102 valence electrons. The predicted molar refractivity (Wildman–Crippen MR) is 74.1 cm³/mol. The minimum absolute atomic E-state index is 0.300. The summed E-state index contributed by atoms with van der Waals surface area (Å²) in [6, 6.07) is 13.0. The predicted octanol–water partition coefficient (Wildman–Crippen LogP) is 3.45. The molecule has 0 aliphatic rings. The standard InChI is InChI=1S/C15H8F2N4/c16-12-5-11(6-13(17)7-12)10-1-3-14(4-2-10)20-21-15(8-18)9-19/h1-7,20H. The molecule has 2 aromatic rings. The highest BCUT2D eigenvalue weighted by Crippen LogP contribution is 2.23. The van der Waals surface area contributed by atoms with Crippen molar-refractivity contribution < 1.29 is 8.78 Å². The van der Waals surface area contributed by atoms with Crippen LogP contribution in [0.3, 0.4) is 0 Å². The highest BCUT2D eigenvalue weighted by Gasteiger charge is 2.03. The van der Waals surface area contributed by atoms with Gasteiger partial charge in [-0.15, -0.1) is 0 Å². The van der Waals surface area contributed by atoms with Gasteiger partial charge < -0.3 is 0 Å². The van der Waals surface area contributed by atoms with Gasteiger partial charge in [-0.2, -0.15) is 15.6 Å². The molecule has 1 N–H and O–H groups in total. The van der Waals surface area contributed by atoms with E-state index in [0.29, 0.717) is 16.8 Å². The van der Waals surface area contributed by atoms with Crippen LogP contribution in [0.5, 0.6) is 0 Å². The average molecular weight is 282 g/mol. The normalized spacial score (nSPS) is 9.33. The molecule has 0 heterocycles. The van der Waals surface area contributed by atoms with Crippen LogP contribution >= 0.6 is 0 Å². The molecule has 0 unspecified atom stereocenters. The van der Waals surface area contributed by atoms with Crippen molar-refractivity contribution in [1.29, 1.82) is 10.5 Å². The SMILES string of the molecule is N#CC(C#N)=NNc1ccc(-c2cc(F)cc(F)c2)cc1. The summed E-state index contributed by atoms with van der Waals surface area (Å²) < 4.78 is 26.3. The van der Waals surface area contributed by atoms with E-state index in [1.54, 1.807) is 36.4 Å². The Morgan fingerprint density at radius 2 is 1.48 bits per heavy atom. The first-order valence-electron chi connectivity index (χ1n) is 5.83. The van der Waals surface area contributed by atoms with Crippen molar-refractivity contribution in [3.63, 3.8) is 0 Å². The number of hydrogen-bond acceptors (Lipinski definition) is 4. The van der Waals surface area contributed by atoms with Gasteiger partial charge in [-0.05, 0) is 35.4 Å². The van der Waals surface area contributed by atoms with Gasteiger partial charge in [0.15, 0.2) is 0 Å². The quantitative estimate of drug-likeness (QED) is 0.692. The molecule has 0 atom stereocenters. The second kappa shape index (κ2) is 6.27. The number of hydrogen-bond donors (Lipinski definition) is 1. The van der Waals surface area contributed by atoms with Crippen LogP contribution in [-0.2, 0) is 0 Å². The van der Waals surface area contributed by atoms with Crippen LogP contribution < -0.4 is 5.43 Å². The van der Waals surface area contributed by atoms with Gasteiger partial charge in [-0.25, -0.2) is 8.78 Å². The summed E-state index contributed by atoms with van der Waals surface area (Å²) in [5, 5.41) is 20.7. The van der Waals surface area contributed by atoms with E-state index in [1.165, 1.54) is 12.1 Å². The molecule has 0 saturated carbocycles. The Balaban J connectivity index is 2.22. The third-order valence-corrected chi connectivity index (χ3v) is 2.59. The van der Waals surface area contributed by atoms with Gasteiger partial charge >= 0.3 is 0 Å². The first-order chi connectivity index (χ1) is 10.1. The summed E-state index contributed by atoms with van der Waals surface area (Å²) in [7, 11) is 0. The minimum atomic E-state index is -0.649. The number of nitrogens with one attached hydrogen (secondary N) is 1. The smallest absolute Gasteiger partial charge is 0.237 e. The number of anilines is 1. The van der Waals surface area contributed by atoms with Crippen molar-refractivity contribution in [1.82, 2.24) is 0 Å². The van der Waals surface area contributed by atoms with Crippen LogP contribution in [0, 0.1) is 34.3 Å². The van der Waals surface area contributed by atoms with E-state index in [2.05, 4.69) is 10.5 Å². The fraction of sp³-hybridized carbons (Fsp3) is 0. The number of benzene rings is 2. The fourth-order valence-corrected chi connectivity index (χ4v) is 1.65. The summed E-state index contributed by atoms with van der Waals surface area (Å²) in [4.78, 5) is 0. The topological polar surface area (TPSA) is 72.0 Å². The molecule has 4 nitrogen and oxygen atoms in total. The number of nitriles is 2. The van der Waals surface area contributed by atoms with Gasteiger partial charge in [0, 0.05) is 6.07 Å². The Labute approximate surface area is 119 Å². The summed E-state index contributed by atoms with van der Waals surface area (Å²) in [5.41, 5.74) is 3.83. The molecule has 0 aromatic heterocycles. The summed E-state index contributed by atoms with van der Waals surface area (Å²) in [6.07, 6.45) is 0. The van der Waals surface area contributed by atoms with Gasteiger partial charge in [0.2, 0.25) is 5.71 Å². The lowest BCUT2D eigenvalue weighted by Crippen LogP contribution is -1.96. The second-order valence-electron chi connectivity index (χ2n) is 4.03. The third-order valence-electron chi connectivity index (χ3n) is 2.59. The van der Waals surface area contributed by atoms with Gasteiger partial charge in [0.1, 0.15) is 23.8 Å². The zero-order valence-corrected chi connectivity index (χ0v) is 10.6. The maximum absolute atomic E-state index is 13.1. The lowest BCUT2D eigenvalue weighted by atomic mass is 10.1. The van der Waals surface area contributed by atoms with Gasteiger partial charge in [0.05, 0.1) is 5.69 Å². The van der Waals surface area contributed by atoms with Crippen molar-refractivity contribution in [2.24, 2.45) is 5.10 Å². The van der Waals surface area contributed by atoms with E-state index < -0.39 is 11.6 Å². The Bertz CT molecular complexity index is 731. The number of halogens is 2. The van der Waals surface area contributed by atoms with Crippen LogP contribution in [0.4, 0.5) is 14.5 Å². The van der Waals surface area contributed by atoms with Crippen LogP contribution in [0.1, 0.15) is 0 Å². The minimum Gasteiger partial charge on any atom is -0.277 e. The zero-order chi connectivity index (χ0) is 15.2. The summed E-state index contributed by atoms with van der Waals surface area (Å²) in [6.45, 7) is 0. The van der Waals surface area contributed by atoms with Gasteiger partial charge in [0.25, 0.3) is 0 Å². The largest absolute Gasteiger partial charge is 0.277 e. The Hall–Kier alpha value is -3.25. The van der Waals surface area contributed by atoms with E-state index in [4.69, 9.17) is 10.5 Å². The van der Waals surface area contributed by atoms with E-state index in [9.17, 15) is 8.78 Å². The lowest BCUT2D eigenvalue weighted by molar-refractivity contribution is 0.584. The third kappa shape index (κ3) is 3.62. The lowest BCUT2D eigenvalue weighted by Gasteiger charge is -2.04. The molecule has 6 heteroatoms. The molecule has 0 aliphatic carbocycles. The molecule has 2 rings (SSSR count). The van der Waals surface area contributed by atoms with Crippen molar-refractivity contribution in [3.8, 4) is 23.3 Å². The molecular weight excluding hydrogens is 274 g/mol. The molecule has 21 heavy (non-hydrogen) atoms. The van der Waals surface area contributed by atoms with E-state index in [-0.39, 0.29) is 5.71 Å². The molecule has 0 radical (unpaired) electrons. The van der Waals surface area contributed by atoms with Crippen LogP contribution in [0.2, 0.25) is 0 Å². The van der Waals surface area contributed by atoms with Gasteiger partial charge in [-0.3, -0.25) is 5.43 Å². The molecule has 0 spiro atoms. The monoisotopic (exact) mass is 282 g/mol. The van der Waals surface area contributed by atoms with Crippen molar-refractivity contribution in [2.75, 3.05) is 5.43 Å². The molecule has 0 amide bonds. The molecular formula is C15H8F2N4. The molecule has 0 aliphatic heterocycles. The maximum Gasteiger partial charge on any atom is 0.237 e. The van der Waals surface area contributed by atoms with Crippen molar-refractivity contribution >= 4 is 11.4 Å². The first-order valence-corrected chi connectivity index (χ1v) is 5.83. The Kier molecular flexibility index (Phi) is 4.23. The Morgan fingerprint density at radius 1 is 0.905 bits per heavy atom.